The second-order valence-corrected chi connectivity index (χ2v) is 7.94. The molecule has 0 unspecified atom stereocenters. The molecule has 8 heteroatoms. The summed E-state index contributed by atoms with van der Waals surface area (Å²) < 4.78 is 12.9. The first-order chi connectivity index (χ1) is 13.5. The van der Waals surface area contributed by atoms with Crippen LogP contribution in [0.1, 0.15) is 25.1 Å². The Balaban J connectivity index is 1.65. The minimum atomic E-state index is -0.129. The van der Waals surface area contributed by atoms with E-state index in [0.29, 0.717) is 31.1 Å². The number of benzene rings is 1. The maximum atomic E-state index is 12.6. The van der Waals surface area contributed by atoms with E-state index in [1.165, 1.54) is 11.8 Å². The van der Waals surface area contributed by atoms with Crippen molar-refractivity contribution >= 4 is 17.7 Å². The van der Waals surface area contributed by atoms with E-state index in [1.54, 1.807) is 7.11 Å². The number of carbonyl (C=O) groups excluding carboxylic acids is 1. The van der Waals surface area contributed by atoms with Crippen LogP contribution in [0, 0.1) is 0 Å². The minimum Gasteiger partial charge on any atom is -0.497 e. The molecule has 1 fully saturated rings. The molecule has 1 aromatic carbocycles. The van der Waals surface area contributed by atoms with E-state index < -0.39 is 0 Å². The van der Waals surface area contributed by atoms with Gasteiger partial charge in [-0.1, -0.05) is 23.9 Å². The van der Waals surface area contributed by atoms with Gasteiger partial charge in [-0.25, -0.2) is 4.98 Å². The molecule has 2 heterocycles. The van der Waals surface area contributed by atoms with Crippen LogP contribution in [-0.2, 0) is 22.7 Å². The van der Waals surface area contributed by atoms with Gasteiger partial charge in [-0.3, -0.25) is 4.79 Å². The van der Waals surface area contributed by atoms with Crippen molar-refractivity contribution in [1.82, 2.24) is 14.5 Å². The summed E-state index contributed by atoms with van der Waals surface area (Å²) in [7, 11) is 1.64. The predicted octanol–water partition coefficient (Wildman–Crippen LogP) is 2.16. The number of methoxy groups -OCH3 is 1. The molecule has 1 aliphatic heterocycles. The van der Waals surface area contributed by atoms with Crippen molar-refractivity contribution in [2.45, 2.75) is 44.4 Å². The van der Waals surface area contributed by atoms with Crippen LogP contribution in [0.15, 0.2) is 35.6 Å². The van der Waals surface area contributed by atoms with Gasteiger partial charge in [-0.2, -0.15) is 0 Å². The lowest BCUT2D eigenvalue weighted by molar-refractivity contribution is -0.140. The molecule has 2 aromatic rings. The van der Waals surface area contributed by atoms with Crippen LogP contribution in [0.2, 0.25) is 0 Å². The van der Waals surface area contributed by atoms with Crippen LogP contribution in [0.5, 0.6) is 5.75 Å². The monoisotopic (exact) mass is 405 g/mol. The molecule has 152 valence electrons. The summed E-state index contributed by atoms with van der Waals surface area (Å²) in [5.74, 6) is 1.19. The van der Waals surface area contributed by atoms with Crippen LogP contribution in [0.3, 0.4) is 0 Å². The predicted molar refractivity (Wildman–Crippen MR) is 108 cm³/mol. The van der Waals surface area contributed by atoms with Crippen molar-refractivity contribution in [3.63, 3.8) is 0 Å². The standard InChI is InChI=1S/C20H27N3O4S/c1-14-8-22(9-15(2)27-14)19(25)13-28-20-21-17(12-24)11-23(20)10-16-4-6-18(26-3)7-5-16/h4-7,11,14-15,24H,8-10,12-13H2,1-3H3/t14-,15-/m0/s1. The Kier molecular flexibility index (Phi) is 6.98. The molecule has 0 aliphatic carbocycles. The van der Waals surface area contributed by atoms with Gasteiger partial charge in [0.15, 0.2) is 5.16 Å². The number of aliphatic hydroxyl groups excluding tert-OH is 1. The molecule has 1 saturated heterocycles. The molecular formula is C20H27N3O4S. The molecule has 7 nitrogen and oxygen atoms in total. The Morgan fingerprint density at radius 1 is 1.29 bits per heavy atom. The van der Waals surface area contributed by atoms with E-state index in [1.807, 2.05) is 53.8 Å². The number of hydrogen-bond acceptors (Lipinski definition) is 6. The average molecular weight is 406 g/mol. The van der Waals surface area contributed by atoms with Crippen LogP contribution < -0.4 is 4.74 Å². The number of morpholine rings is 1. The number of aromatic nitrogens is 2. The summed E-state index contributed by atoms with van der Waals surface area (Å²) in [6, 6.07) is 7.81. The van der Waals surface area contributed by atoms with Crippen molar-refractivity contribution in [2.75, 3.05) is 26.0 Å². The Morgan fingerprint density at radius 2 is 1.96 bits per heavy atom. The van der Waals surface area contributed by atoms with Gasteiger partial charge in [0, 0.05) is 25.8 Å². The van der Waals surface area contributed by atoms with E-state index >= 15 is 0 Å². The summed E-state index contributed by atoms with van der Waals surface area (Å²) in [6.45, 7) is 5.68. The van der Waals surface area contributed by atoms with Gasteiger partial charge in [0.2, 0.25) is 5.91 Å². The summed E-state index contributed by atoms with van der Waals surface area (Å²) in [5.41, 5.74) is 1.68. The number of aliphatic hydroxyl groups is 1. The Labute approximate surface area is 169 Å². The molecule has 1 amide bonds. The fourth-order valence-electron chi connectivity index (χ4n) is 3.28. The first kappa shape index (κ1) is 20.7. The Bertz CT molecular complexity index is 783. The average Bonchev–Trinajstić information content (AvgIpc) is 3.07. The van der Waals surface area contributed by atoms with Crippen LogP contribution in [0.25, 0.3) is 0 Å². The van der Waals surface area contributed by atoms with Gasteiger partial charge in [0.05, 0.1) is 37.4 Å². The Morgan fingerprint density at radius 3 is 2.57 bits per heavy atom. The summed E-state index contributed by atoms with van der Waals surface area (Å²) >= 11 is 1.40. The van der Waals surface area contributed by atoms with Crippen molar-refractivity contribution in [2.24, 2.45) is 0 Å². The fourth-order valence-corrected chi connectivity index (χ4v) is 4.18. The Hall–Kier alpha value is -2.03. The van der Waals surface area contributed by atoms with Gasteiger partial charge < -0.3 is 24.0 Å². The highest BCUT2D eigenvalue weighted by Gasteiger charge is 2.26. The smallest absolute Gasteiger partial charge is 0.233 e. The highest BCUT2D eigenvalue weighted by Crippen LogP contribution is 2.22. The molecule has 28 heavy (non-hydrogen) atoms. The zero-order chi connectivity index (χ0) is 20.1. The normalized spacial score (nSPS) is 19.6. The lowest BCUT2D eigenvalue weighted by atomic mass is 10.2. The largest absolute Gasteiger partial charge is 0.497 e. The van der Waals surface area contributed by atoms with Gasteiger partial charge in [0.25, 0.3) is 0 Å². The molecule has 0 radical (unpaired) electrons. The van der Waals surface area contributed by atoms with E-state index in [9.17, 15) is 9.90 Å². The van der Waals surface area contributed by atoms with E-state index in [0.717, 1.165) is 16.5 Å². The maximum absolute atomic E-state index is 12.6. The number of rotatable bonds is 7. The molecule has 2 atom stereocenters. The fraction of sp³-hybridized carbons (Fsp3) is 0.500. The van der Waals surface area contributed by atoms with Gasteiger partial charge in [-0.15, -0.1) is 0 Å². The molecule has 1 aromatic heterocycles. The van der Waals surface area contributed by atoms with E-state index in [4.69, 9.17) is 9.47 Å². The van der Waals surface area contributed by atoms with Crippen molar-refractivity contribution in [3.8, 4) is 5.75 Å². The number of carbonyl (C=O) groups is 1. The number of thioether (sulfide) groups is 1. The van der Waals surface area contributed by atoms with Crippen molar-refractivity contribution in [1.29, 1.82) is 0 Å². The number of ether oxygens (including phenoxy) is 2. The second kappa shape index (κ2) is 9.45. The zero-order valence-electron chi connectivity index (χ0n) is 16.5. The lowest BCUT2D eigenvalue weighted by Gasteiger charge is -2.35. The van der Waals surface area contributed by atoms with Gasteiger partial charge in [-0.05, 0) is 31.5 Å². The van der Waals surface area contributed by atoms with E-state index in [2.05, 4.69) is 4.98 Å². The van der Waals surface area contributed by atoms with Crippen LogP contribution in [-0.4, -0.2) is 63.6 Å². The summed E-state index contributed by atoms with van der Waals surface area (Å²) in [4.78, 5) is 18.9. The van der Waals surface area contributed by atoms with Crippen molar-refractivity contribution < 1.29 is 19.4 Å². The minimum absolute atomic E-state index is 0.0516. The first-order valence-electron chi connectivity index (χ1n) is 9.34. The summed E-state index contributed by atoms with van der Waals surface area (Å²) in [6.07, 6.45) is 1.93. The third-order valence-electron chi connectivity index (χ3n) is 4.56. The van der Waals surface area contributed by atoms with Crippen LogP contribution in [0.4, 0.5) is 0 Å². The zero-order valence-corrected chi connectivity index (χ0v) is 17.3. The molecule has 3 rings (SSSR count). The van der Waals surface area contributed by atoms with Gasteiger partial charge >= 0.3 is 0 Å². The first-order valence-corrected chi connectivity index (χ1v) is 10.3. The number of nitrogens with zero attached hydrogens (tertiary/aromatic N) is 3. The van der Waals surface area contributed by atoms with Crippen LogP contribution >= 0.6 is 11.8 Å². The number of hydrogen-bond donors (Lipinski definition) is 1. The van der Waals surface area contributed by atoms with E-state index in [-0.39, 0.29) is 24.7 Å². The highest BCUT2D eigenvalue weighted by molar-refractivity contribution is 7.99. The number of imidazole rings is 1. The summed E-state index contributed by atoms with van der Waals surface area (Å²) in [5, 5.41) is 10.2. The molecule has 0 saturated carbocycles. The lowest BCUT2D eigenvalue weighted by Crippen LogP contribution is -2.48. The third kappa shape index (κ3) is 5.27. The molecule has 0 spiro atoms. The molecule has 1 N–H and O–H groups in total. The quantitative estimate of drug-likeness (QED) is 0.712. The SMILES string of the molecule is COc1ccc(Cn2cc(CO)nc2SCC(=O)N2C[C@H](C)O[C@@H](C)C2)cc1. The van der Waals surface area contributed by atoms with Gasteiger partial charge in [0.1, 0.15) is 5.75 Å². The second-order valence-electron chi connectivity index (χ2n) is 6.99. The molecular weight excluding hydrogens is 378 g/mol. The van der Waals surface area contributed by atoms with Crippen molar-refractivity contribution in [3.05, 3.63) is 41.7 Å². The molecule has 0 bridgehead atoms. The highest BCUT2D eigenvalue weighted by atomic mass is 32.2. The number of amides is 1. The maximum Gasteiger partial charge on any atom is 0.233 e. The molecule has 1 aliphatic rings. The topological polar surface area (TPSA) is 76.8 Å². The third-order valence-corrected chi connectivity index (χ3v) is 5.54.